The summed E-state index contributed by atoms with van der Waals surface area (Å²) in [5, 5.41) is 22.7. The second-order valence-corrected chi connectivity index (χ2v) is 11.8. The van der Waals surface area contributed by atoms with Gasteiger partial charge in [0, 0.05) is 54.4 Å². The van der Waals surface area contributed by atoms with Crippen molar-refractivity contribution in [3.63, 3.8) is 0 Å². The van der Waals surface area contributed by atoms with Gasteiger partial charge in [0.15, 0.2) is 11.5 Å². The molecule has 1 aliphatic heterocycles. The molecule has 10 nitrogen and oxygen atoms in total. The van der Waals surface area contributed by atoms with Crippen LogP contribution in [0.3, 0.4) is 0 Å². The molecule has 2 N–H and O–H groups in total. The number of aliphatic carboxylic acids is 1. The number of hydrogen-bond donors (Lipinski definition) is 2. The molecule has 3 aromatic carbocycles. The van der Waals surface area contributed by atoms with E-state index in [1.165, 1.54) is 6.20 Å². The number of nitriles is 1. The number of nitrogens with one attached hydrogen (secondary N) is 1. The molecule has 2 aromatic heterocycles. The Balaban J connectivity index is 1.23. The fraction of sp³-hybridized carbons (Fsp3) is 0.211. The van der Waals surface area contributed by atoms with Gasteiger partial charge in [0.1, 0.15) is 50.0 Å². The van der Waals surface area contributed by atoms with E-state index in [1.54, 1.807) is 42.7 Å². The van der Waals surface area contributed by atoms with Crippen LogP contribution in [0, 0.1) is 18.3 Å². The molecule has 49 heavy (non-hydrogen) atoms. The fourth-order valence-electron chi connectivity index (χ4n) is 5.47. The van der Waals surface area contributed by atoms with Crippen LogP contribution in [0.5, 0.6) is 23.0 Å². The summed E-state index contributed by atoms with van der Waals surface area (Å²) in [6.45, 7) is 3.59. The molecule has 0 amide bonds. The minimum atomic E-state index is -1.01. The van der Waals surface area contributed by atoms with E-state index in [-0.39, 0.29) is 26.2 Å². The number of ether oxygens (including phenoxy) is 4. The number of aromatic nitrogens is 2. The van der Waals surface area contributed by atoms with Crippen molar-refractivity contribution < 1.29 is 28.8 Å². The third-order valence-corrected chi connectivity index (χ3v) is 8.39. The van der Waals surface area contributed by atoms with Crippen molar-refractivity contribution in [1.29, 1.82) is 5.26 Å². The van der Waals surface area contributed by atoms with Gasteiger partial charge in [-0.3, -0.25) is 20.1 Å². The molecule has 0 saturated heterocycles. The topological polar surface area (TPSA) is 136 Å². The van der Waals surface area contributed by atoms with E-state index in [4.69, 9.17) is 30.5 Å². The zero-order valence-electron chi connectivity index (χ0n) is 26.7. The maximum Gasteiger partial charge on any atom is 0.321 e. The van der Waals surface area contributed by atoms with Crippen LogP contribution in [0.4, 0.5) is 0 Å². The Morgan fingerprint density at radius 3 is 2.61 bits per heavy atom. The zero-order chi connectivity index (χ0) is 34.2. The van der Waals surface area contributed by atoms with Gasteiger partial charge in [0.2, 0.25) is 0 Å². The van der Waals surface area contributed by atoms with Gasteiger partial charge in [-0.1, -0.05) is 41.9 Å². The molecule has 0 radical (unpaired) electrons. The second-order valence-electron chi connectivity index (χ2n) is 11.4. The molecule has 0 unspecified atom stereocenters. The van der Waals surface area contributed by atoms with Gasteiger partial charge in [-0.25, -0.2) is 0 Å². The maximum absolute atomic E-state index is 12.1. The van der Waals surface area contributed by atoms with Crippen LogP contribution in [0.2, 0.25) is 5.02 Å². The molecule has 0 saturated carbocycles. The molecule has 0 aliphatic carbocycles. The van der Waals surface area contributed by atoms with Gasteiger partial charge < -0.3 is 24.1 Å². The normalized spacial score (nSPS) is 12.5. The number of benzene rings is 3. The van der Waals surface area contributed by atoms with E-state index in [1.807, 2.05) is 43.3 Å². The SMILES string of the molecule is Cc1c(COc2cc(OCc3cncc(C#N)c3)c(CN[C@@H](Cc3ccccn3)C(=O)O)cc2Cl)cccc1-c1ccc2c(c1)OCCO2. The number of fused-ring (bicyclic) bond motifs is 1. The Morgan fingerprint density at radius 1 is 0.980 bits per heavy atom. The van der Waals surface area contributed by atoms with Crippen molar-refractivity contribution in [2.24, 2.45) is 0 Å². The number of carboxylic acids is 1. The molecule has 6 rings (SSSR count). The molecule has 248 valence electrons. The smallest absolute Gasteiger partial charge is 0.321 e. The van der Waals surface area contributed by atoms with Crippen LogP contribution in [0.1, 0.15) is 33.5 Å². The summed E-state index contributed by atoms with van der Waals surface area (Å²) in [5.74, 6) is 1.29. The van der Waals surface area contributed by atoms with Crippen LogP contribution in [-0.2, 0) is 31.0 Å². The Morgan fingerprint density at radius 2 is 1.82 bits per heavy atom. The quantitative estimate of drug-likeness (QED) is 0.139. The lowest BCUT2D eigenvalue weighted by molar-refractivity contribution is -0.139. The molecule has 3 heterocycles. The summed E-state index contributed by atoms with van der Waals surface area (Å²) in [7, 11) is 0. The first kappa shape index (κ1) is 33.3. The van der Waals surface area contributed by atoms with Crippen molar-refractivity contribution in [1.82, 2.24) is 15.3 Å². The molecule has 5 aromatic rings. The second kappa shape index (κ2) is 15.5. The fourth-order valence-corrected chi connectivity index (χ4v) is 5.72. The summed E-state index contributed by atoms with van der Waals surface area (Å²) in [4.78, 5) is 20.5. The first-order valence-corrected chi connectivity index (χ1v) is 16.0. The molecular formula is C38H33ClN4O6. The van der Waals surface area contributed by atoms with E-state index in [0.717, 1.165) is 33.8 Å². The van der Waals surface area contributed by atoms with Crippen LogP contribution in [-0.4, -0.2) is 40.3 Å². The number of halogens is 1. The Labute approximate surface area is 288 Å². The highest BCUT2D eigenvalue weighted by molar-refractivity contribution is 6.32. The summed E-state index contributed by atoms with van der Waals surface area (Å²) in [6, 6.07) is 23.6. The van der Waals surface area contributed by atoms with Crippen LogP contribution >= 0.6 is 11.6 Å². The molecule has 1 aliphatic rings. The molecule has 11 heteroatoms. The Bertz CT molecular complexity index is 2000. The molecule has 1 atom stereocenters. The van der Waals surface area contributed by atoms with Gasteiger partial charge in [-0.15, -0.1) is 0 Å². The summed E-state index contributed by atoms with van der Waals surface area (Å²) in [5.41, 5.74) is 6.45. The lowest BCUT2D eigenvalue weighted by atomic mass is 9.96. The molecule has 0 spiro atoms. The minimum absolute atomic E-state index is 0.115. The van der Waals surface area contributed by atoms with Crippen molar-refractivity contribution >= 4 is 17.6 Å². The lowest BCUT2D eigenvalue weighted by Crippen LogP contribution is -2.38. The van der Waals surface area contributed by atoms with Crippen molar-refractivity contribution in [2.45, 2.75) is 39.1 Å². The van der Waals surface area contributed by atoms with Crippen LogP contribution in [0.15, 0.2) is 91.4 Å². The Hall–Kier alpha value is -5.63. The first-order chi connectivity index (χ1) is 23.9. The number of nitrogens with zero attached hydrogens (tertiary/aromatic N) is 3. The largest absolute Gasteiger partial charge is 0.488 e. The van der Waals surface area contributed by atoms with Crippen molar-refractivity contribution in [2.75, 3.05) is 13.2 Å². The lowest BCUT2D eigenvalue weighted by Gasteiger charge is -2.20. The summed E-state index contributed by atoms with van der Waals surface area (Å²) in [6.07, 6.45) is 4.92. The average molecular weight is 677 g/mol. The maximum atomic E-state index is 12.1. The Kier molecular flexibility index (Phi) is 10.5. The van der Waals surface area contributed by atoms with Crippen LogP contribution in [0.25, 0.3) is 11.1 Å². The number of carboxylic acid groups (broad SMARTS) is 1. The van der Waals surface area contributed by atoms with Gasteiger partial charge in [0.05, 0.1) is 10.6 Å². The highest BCUT2D eigenvalue weighted by Crippen LogP contribution is 2.37. The minimum Gasteiger partial charge on any atom is -0.488 e. The highest BCUT2D eigenvalue weighted by atomic mass is 35.5. The number of hydrogen-bond acceptors (Lipinski definition) is 9. The monoisotopic (exact) mass is 676 g/mol. The van der Waals surface area contributed by atoms with Gasteiger partial charge in [-0.2, -0.15) is 5.26 Å². The van der Waals surface area contributed by atoms with Crippen LogP contribution < -0.4 is 24.3 Å². The number of rotatable bonds is 13. The predicted octanol–water partition coefficient (Wildman–Crippen LogP) is 6.69. The molecule has 0 fully saturated rings. The summed E-state index contributed by atoms with van der Waals surface area (Å²) < 4.78 is 24.0. The number of carbonyl (C=O) groups is 1. The summed E-state index contributed by atoms with van der Waals surface area (Å²) >= 11 is 6.76. The molecular weight excluding hydrogens is 644 g/mol. The standard InChI is InChI=1S/C38H33ClN4O6/c1-24-28(5-4-7-31(24)27-8-9-34-37(15-27)47-12-11-46-34)23-49-36-17-35(48-22-26-13-25(18-40)19-41-20-26)29(14-32(36)39)21-43-33(38(44)45)16-30-6-2-3-10-42-30/h2-10,13-15,17,19-20,33,43H,11-12,16,21-23H2,1H3,(H,44,45)/t33-/m0/s1. The van der Waals surface area contributed by atoms with E-state index in [2.05, 4.69) is 27.4 Å². The zero-order valence-corrected chi connectivity index (χ0v) is 27.4. The van der Waals surface area contributed by atoms with Gasteiger partial charge >= 0.3 is 5.97 Å². The number of pyridine rings is 2. The average Bonchev–Trinajstić information content (AvgIpc) is 3.13. The first-order valence-electron chi connectivity index (χ1n) is 15.6. The van der Waals surface area contributed by atoms with E-state index in [0.29, 0.717) is 52.1 Å². The predicted molar refractivity (Wildman–Crippen MR) is 183 cm³/mol. The van der Waals surface area contributed by atoms with E-state index < -0.39 is 12.0 Å². The highest BCUT2D eigenvalue weighted by Gasteiger charge is 2.21. The van der Waals surface area contributed by atoms with Gasteiger partial charge in [-0.05, 0) is 65.6 Å². The molecule has 0 bridgehead atoms. The van der Waals surface area contributed by atoms with Gasteiger partial charge in [0.25, 0.3) is 0 Å². The van der Waals surface area contributed by atoms with Crippen molar-refractivity contribution in [3.8, 4) is 40.2 Å². The third-order valence-electron chi connectivity index (χ3n) is 8.09. The van der Waals surface area contributed by atoms with E-state index in [9.17, 15) is 15.2 Å². The third kappa shape index (κ3) is 8.27. The van der Waals surface area contributed by atoms with E-state index >= 15 is 0 Å². The van der Waals surface area contributed by atoms with Crippen molar-refractivity contribution in [3.05, 3.63) is 130 Å².